The van der Waals surface area contributed by atoms with E-state index >= 15 is 0 Å². The van der Waals surface area contributed by atoms with Crippen LogP contribution in [0.3, 0.4) is 0 Å². The third-order valence-corrected chi connectivity index (χ3v) is 4.68. The van der Waals surface area contributed by atoms with Crippen molar-refractivity contribution in [1.82, 2.24) is 9.88 Å². The molecule has 1 heterocycles. The lowest BCUT2D eigenvalue weighted by atomic mass is 9.85. The number of thiazole rings is 1. The van der Waals surface area contributed by atoms with E-state index in [0.29, 0.717) is 12.5 Å². The molecule has 0 spiro atoms. The molecule has 0 fully saturated rings. The Labute approximate surface area is 129 Å². The Hall–Kier alpha value is -1.47. The zero-order valence-corrected chi connectivity index (χ0v) is 14.0. The highest BCUT2D eigenvalue weighted by Crippen LogP contribution is 2.21. The van der Waals surface area contributed by atoms with Crippen LogP contribution in [-0.2, 0) is 16.1 Å². The summed E-state index contributed by atoms with van der Waals surface area (Å²) in [5, 5.41) is 2.93. The quantitative estimate of drug-likeness (QED) is 0.767. The average molecular weight is 312 g/mol. The first-order valence-electron chi connectivity index (χ1n) is 6.89. The fourth-order valence-electron chi connectivity index (χ4n) is 1.93. The van der Waals surface area contributed by atoms with Gasteiger partial charge in [-0.2, -0.15) is 0 Å². The van der Waals surface area contributed by atoms with Crippen molar-refractivity contribution in [3.63, 3.8) is 0 Å². The van der Waals surface area contributed by atoms with Crippen molar-refractivity contribution in [3.05, 3.63) is 16.1 Å². The van der Waals surface area contributed by atoms with Gasteiger partial charge in [-0.3, -0.25) is 9.59 Å². The van der Waals surface area contributed by atoms with Crippen LogP contribution in [0.2, 0.25) is 0 Å². The predicted octanol–water partition coefficient (Wildman–Crippen LogP) is 1.06. The molecule has 0 bridgehead atoms. The number of hydrogen-bond donors (Lipinski definition) is 2. The summed E-state index contributed by atoms with van der Waals surface area (Å²) in [5.41, 5.74) is 10.4. The van der Waals surface area contributed by atoms with E-state index in [0.717, 1.165) is 10.7 Å². The number of nitrogens with zero attached hydrogens (tertiary/aromatic N) is 2. The minimum atomic E-state index is -1.69. The molecule has 1 aromatic heterocycles. The summed E-state index contributed by atoms with van der Waals surface area (Å²) in [7, 11) is 1.60. The van der Waals surface area contributed by atoms with Crippen molar-refractivity contribution in [2.24, 2.45) is 17.4 Å². The van der Waals surface area contributed by atoms with E-state index in [1.54, 1.807) is 32.2 Å². The molecule has 0 unspecified atom stereocenters. The van der Waals surface area contributed by atoms with E-state index < -0.39 is 17.4 Å². The summed E-state index contributed by atoms with van der Waals surface area (Å²) in [6.45, 7) is 7.84. The van der Waals surface area contributed by atoms with Gasteiger partial charge in [-0.15, -0.1) is 11.3 Å². The summed E-state index contributed by atoms with van der Waals surface area (Å²) < 4.78 is 0. The predicted molar refractivity (Wildman–Crippen MR) is 83.6 cm³/mol. The average Bonchev–Trinajstić information content (AvgIpc) is 2.84. The standard InChI is InChI=1S/C14H24N4O2S/c1-8(2)11-17-10(7-21-11)6-18(5)13(20)14(16,9(3)4)12(15)19/h7-9H,6,16H2,1-5H3,(H2,15,19)/t14-/m0/s1. The highest BCUT2D eigenvalue weighted by molar-refractivity contribution is 7.09. The van der Waals surface area contributed by atoms with Crippen molar-refractivity contribution in [3.8, 4) is 0 Å². The molecule has 6 nitrogen and oxygen atoms in total. The number of carbonyl (C=O) groups excluding carboxylic acids is 2. The Balaban J connectivity index is 2.89. The lowest BCUT2D eigenvalue weighted by Gasteiger charge is -2.32. The summed E-state index contributed by atoms with van der Waals surface area (Å²) in [4.78, 5) is 29.9. The molecule has 0 saturated heterocycles. The van der Waals surface area contributed by atoms with Crippen LogP contribution >= 0.6 is 11.3 Å². The maximum absolute atomic E-state index is 12.5. The van der Waals surface area contributed by atoms with E-state index in [9.17, 15) is 9.59 Å². The molecule has 0 saturated carbocycles. The molecule has 4 N–H and O–H groups in total. The van der Waals surface area contributed by atoms with Crippen molar-refractivity contribution in [2.45, 2.75) is 45.7 Å². The molecule has 1 rings (SSSR count). The third-order valence-electron chi connectivity index (χ3n) is 3.48. The molecular formula is C14H24N4O2S. The van der Waals surface area contributed by atoms with E-state index in [1.807, 2.05) is 5.38 Å². The van der Waals surface area contributed by atoms with Crippen LogP contribution in [0, 0.1) is 5.92 Å². The second kappa shape index (κ2) is 6.53. The maximum atomic E-state index is 12.5. The first-order valence-corrected chi connectivity index (χ1v) is 7.77. The Morgan fingerprint density at radius 1 is 1.38 bits per heavy atom. The Kier molecular flexibility index (Phi) is 5.47. The van der Waals surface area contributed by atoms with Gasteiger partial charge in [-0.25, -0.2) is 4.98 Å². The van der Waals surface area contributed by atoms with Crippen molar-refractivity contribution in [1.29, 1.82) is 0 Å². The Bertz CT molecular complexity index is 527. The molecule has 118 valence electrons. The lowest BCUT2D eigenvalue weighted by Crippen LogP contribution is -2.65. The van der Waals surface area contributed by atoms with Gasteiger partial charge in [0.25, 0.3) is 5.91 Å². The van der Waals surface area contributed by atoms with Crippen LogP contribution in [0.5, 0.6) is 0 Å². The van der Waals surface area contributed by atoms with E-state index in [4.69, 9.17) is 11.5 Å². The topological polar surface area (TPSA) is 102 Å². The summed E-state index contributed by atoms with van der Waals surface area (Å²) >= 11 is 1.56. The number of carbonyl (C=O) groups is 2. The summed E-state index contributed by atoms with van der Waals surface area (Å²) in [6.07, 6.45) is 0. The highest BCUT2D eigenvalue weighted by Gasteiger charge is 2.45. The highest BCUT2D eigenvalue weighted by atomic mass is 32.1. The molecule has 0 aliphatic carbocycles. The number of primary amides is 1. The molecular weight excluding hydrogens is 288 g/mol. The first-order chi connectivity index (χ1) is 9.60. The van der Waals surface area contributed by atoms with Gasteiger partial charge in [0.05, 0.1) is 17.2 Å². The fourth-order valence-corrected chi connectivity index (χ4v) is 2.75. The van der Waals surface area contributed by atoms with Gasteiger partial charge in [-0.05, 0) is 5.92 Å². The first kappa shape index (κ1) is 17.6. The molecule has 1 atom stereocenters. The number of likely N-dealkylation sites (N-methyl/N-ethyl adjacent to an activating group) is 1. The number of hydrogen-bond acceptors (Lipinski definition) is 5. The molecule has 0 radical (unpaired) electrons. The van der Waals surface area contributed by atoms with Gasteiger partial charge in [0.2, 0.25) is 5.91 Å². The van der Waals surface area contributed by atoms with Crippen LogP contribution in [0.15, 0.2) is 5.38 Å². The van der Waals surface area contributed by atoms with Crippen molar-refractivity contribution >= 4 is 23.2 Å². The van der Waals surface area contributed by atoms with Gasteiger partial charge in [0.1, 0.15) is 0 Å². The Morgan fingerprint density at radius 2 is 1.95 bits per heavy atom. The fraction of sp³-hybridized carbons (Fsp3) is 0.643. The number of rotatable bonds is 6. The minimum absolute atomic E-state index is 0.307. The van der Waals surface area contributed by atoms with Crippen LogP contribution in [-0.4, -0.2) is 34.3 Å². The van der Waals surface area contributed by atoms with Gasteiger partial charge < -0.3 is 16.4 Å². The second-order valence-corrected chi connectivity index (χ2v) is 6.77. The van der Waals surface area contributed by atoms with E-state index in [-0.39, 0.29) is 5.92 Å². The third kappa shape index (κ3) is 3.59. The summed E-state index contributed by atoms with van der Waals surface area (Å²) in [5.74, 6) is -1.33. The van der Waals surface area contributed by atoms with Crippen molar-refractivity contribution in [2.75, 3.05) is 7.05 Å². The lowest BCUT2D eigenvalue weighted by molar-refractivity contribution is -0.144. The van der Waals surface area contributed by atoms with Gasteiger partial charge in [0, 0.05) is 18.3 Å². The zero-order valence-electron chi connectivity index (χ0n) is 13.2. The SMILES string of the molecule is CC(C)c1nc(CN(C)C(=O)[C@@](N)(C(N)=O)C(C)C)cs1. The van der Waals surface area contributed by atoms with Gasteiger partial charge >= 0.3 is 0 Å². The molecule has 21 heavy (non-hydrogen) atoms. The second-order valence-electron chi connectivity index (χ2n) is 5.88. The maximum Gasteiger partial charge on any atom is 0.252 e. The van der Waals surface area contributed by atoms with Gasteiger partial charge in [0.15, 0.2) is 5.54 Å². The largest absolute Gasteiger partial charge is 0.368 e. The number of amides is 2. The van der Waals surface area contributed by atoms with Crippen LogP contribution in [0.1, 0.15) is 44.3 Å². The van der Waals surface area contributed by atoms with Crippen molar-refractivity contribution < 1.29 is 9.59 Å². The monoisotopic (exact) mass is 312 g/mol. The van der Waals surface area contributed by atoms with E-state index in [1.165, 1.54) is 4.90 Å². The normalized spacial score (nSPS) is 14.3. The van der Waals surface area contributed by atoms with E-state index in [2.05, 4.69) is 18.8 Å². The number of aromatic nitrogens is 1. The molecule has 0 aromatic carbocycles. The van der Waals surface area contributed by atoms with Crippen LogP contribution in [0.25, 0.3) is 0 Å². The molecule has 7 heteroatoms. The molecule has 2 amide bonds. The molecule has 1 aromatic rings. The number of nitrogens with two attached hydrogens (primary N) is 2. The summed E-state index contributed by atoms with van der Waals surface area (Å²) in [6, 6.07) is 0. The zero-order chi connectivity index (χ0) is 16.4. The molecule has 0 aliphatic rings. The smallest absolute Gasteiger partial charge is 0.252 e. The van der Waals surface area contributed by atoms with Gasteiger partial charge in [-0.1, -0.05) is 27.7 Å². The Morgan fingerprint density at radius 3 is 2.33 bits per heavy atom. The van der Waals surface area contributed by atoms with Crippen LogP contribution in [0.4, 0.5) is 0 Å². The minimum Gasteiger partial charge on any atom is -0.368 e. The molecule has 0 aliphatic heterocycles. The van der Waals surface area contributed by atoms with Crippen LogP contribution < -0.4 is 11.5 Å².